The maximum absolute atomic E-state index is 12.4. The molecule has 1 aromatic carbocycles. The van der Waals surface area contributed by atoms with Gasteiger partial charge >= 0.3 is 0 Å². The van der Waals surface area contributed by atoms with E-state index in [-0.39, 0.29) is 11.9 Å². The van der Waals surface area contributed by atoms with E-state index in [1.54, 1.807) is 6.20 Å². The molecule has 0 atom stereocenters. The number of hydrogen-bond acceptors (Lipinski definition) is 4. The van der Waals surface area contributed by atoms with E-state index in [1.807, 2.05) is 29.2 Å². The normalized spacial score (nSPS) is 13.8. The number of nitrogen functional groups attached to an aromatic ring is 1. The van der Waals surface area contributed by atoms with Crippen LogP contribution in [0, 0.1) is 0 Å². The first-order chi connectivity index (χ1) is 10.6. The molecule has 0 saturated carbocycles. The zero-order chi connectivity index (χ0) is 15.5. The molecule has 2 aromatic rings. The molecule has 0 aliphatic carbocycles. The van der Waals surface area contributed by atoms with Gasteiger partial charge in [-0.1, -0.05) is 34.1 Å². The molecule has 0 unspecified atom stereocenters. The topological polar surface area (TPSA) is 72.1 Å². The van der Waals surface area contributed by atoms with Crippen LogP contribution >= 0.6 is 15.9 Å². The van der Waals surface area contributed by atoms with E-state index >= 15 is 0 Å². The van der Waals surface area contributed by atoms with Crippen LogP contribution in [0.15, 0.2) is 34.9 Å². The van der Waals surface area contributed by atoms with E-state index in [2.05, 4.69) is 25.9 Å². The SMILES string of the molecule is Nc1ncc2c(n1)CN(C(=O)CCc1ccccc1Br)CC2. The number of carbonyl (C=O) groups is 1. The van der Waals surface area contributed by atoms with Gasteiger partial charge in [0.25, 0.3) is 0 Å². The number of aryl methyl sites for hydroxylation is 1. The largest absolute Gasteiger partial charge is 0.368 e. The van der Waals surface area contributed by atoms with Crippen LogP contribution in [-0.2, 0) is 24.2 Å². The smallest absolute Gasteiger partial charge is 0.223 e. The Morgan fingerprint density at radius 2 is 2.18 bits per heavy atom. The van der Waals surface area contributed by atoms with Crippen molar-refractivity contribution in [3.05, 3.63) is 51.8 Å². The van der Waals surface area contributed by atoms with Gasteiger partial charge in [-0.25, -0.2) is 9.97 Å². The molecule has 0 fully saturated rings. The predicted molar refractivity (Wildman–Crippen MR) is 88.0 cm³/mol. The lowest BCUT2D eigenvalue weighted by Gasteiger charge is -2.28. The van der Waals surface area contributed by atoms with E-state index in [1.165, 1.54) is 0 Å². The number of aromatic nitrogens is 2. The average Bonchev–Trinajstić information content (AvgIpc) is 2.53. The van der Waals surface area contributed by atoms with E-state index in [9.17, 15) is 4.79 Å². The molecule has 114 valence electrons. The number of nitrogens with zero attached hydrogens (tertiary/aromatic N) is 3. The molecular formula is C16H17BrN4O. The van der Waals surface area contributed by atoms with Crippen LogP contribution in [0.1, 0.15) is 23.2 Å². The number of carbonyl (C=O) groups excluding carboxylic acids is 1. The van der Waals surface area contributed by atoms with Gasteiger partial charge in [-0.3, -0.25) is 4.79 Å². The number of amides is 1. The molecule has 1 aromatic heterocycles. The van der Waals surface area contributed by atoms with Crippen molar-refractivity contribution in [3.63, 3.8) is 0 Å². The Morgan fingerprint density at radius 1 is 1.36 bits per heavy atom. The van der Waals surface area contributed by atoms with E-state index in [4.69, 9.17) is 5.73 Å². The molecule has 6 heteroatoms. The lowest BCUT2D eigenvalue weighted by atomic mass is 10.1. The van der Waals surface area contributed by atoms with Crippen molar-refractivity contribution in [2.45, 2.75) is 25.8 Å². The molecule has 0 radical (unpaired) electrons. The number of nitrogens with two attached hydrogens (primary N) is 1. The van der Waals surface area contributed by atoms with Gasteiger partial charge in [0.05, 0.1) is 12.2 Å². The minimum Gasteiger partial charge on any atom is -0.368 e. The number of anilines is 1. The Morgan fingerprint density at radius 3 is 3.00 bits per heavy atom. The second-order valence-corrected chi connectivity index (χ2v) is 6.21. The Labute approximate surface area is 137 Å². The summed E-state index contributed by atoms with van der Waals surface area (Å²) in [5.74, 6) is 0.417. The summed E-state index contributed by atoms with van der Waals surface area (Å²) in [4.78, 5) is 22.5. The van der Waals surface area contributed by atoms with E-state index in [0.29, 0.717) is 13.0 Å². The molecule has 2 N–H and O–H groups in total. The summed E-state index contributed by atoms with van der Waals surface area (Å²) in [6.07, 6.45) is 3.78. The van der Waals surface area contributed by atoms with Gasteiger partial charge in [0.2, 0.25) is 11.9 Å². The standard InChI is InChI=1S/C16H17BrN4O/c17-13-4-2-1-3-11(13)5-6-15(22)21-8-7-12-9-19-16(18)20-14(12)10-21/h1-4,9H,5-8,10H2,(H2,18,19,20). The first-order valence-corrected chi connectivity index (χ1v) is 8.04. The van der Waals surface area contributed by atoms with Crippen molar-refractivity contribution in [2.75, 3.05) is 12.3 Å². The average molecular weight is 361 g/mol. The van der Waals surface area contributed by atoms with Crippen molar-refractivity contribution in [3.8, 4) is 0 Å². The molecule has 1 amide bonds. The van der Waals surface area contributed by atoms with E-state index in [0.717, 1.165) is 40.7 Å². The van der Waals surface area contributed by atoms with Crippen LogP contribution in [0.3, 0.4) is 0 Å². The summed E-state index contributed by atoms with van der Waals surface area (Å²) in [6.45, 7) is 1.24. The highest BCUT2D eigenvalue weighted by atomic mass is 79.9. The fourth-order valence-corrected chi connectivity index (χ4v) is 3.12. The molecular weight excluding hydrogens is 344 g/mol. The molecule has 1 aliphatic heterocycles. The second-order valence-electron chi connectivity index (χ2n) is 5.36. The number of halogens is 1. The van der Waals surface area contributed by atoms with Crippen molar-refractivity contribution in [1.82, 2.24) is 14.9 Å². The molecule has 2 heterocycles. The van der Waals surface area contributed by atoms with Gasteiger partial charge in [-0.15, -0.1) is 0 Å². The zero-order valence-corrected chi connectivity index (χ0v) is 13.7. The third-order valence-corrected chi connectivity index (χ3v) is 4.66. The van der Waals surface area contributed by atoms with Gasteiger partial charge in [0.15, 0.2) is 0 Å². The summed E-state index contributed by atoms with van der Waals surface area (Å²) in [5, 5.41) is 0. The molecule has 3 rings (SSSR count). The third kappa shape index (κ3) is 3.27. The van der Waals surface area contributed by atoms with E-state index < -0.39 is 0 Å². The van der Waals surface area contributed by atoms with Gasteiger partial charge in [-0.2, -0.15) is 0 Å². The number of rotatable bonds is 3. The van der Waals surface area contributed by atoms with Crippen LogP contribution in [0.2, 0.25) is 0 Å². The van der Waals surface area contributed by atoms with Crippen molar-refractivity contribution < 1.29 is 4.79 Å². The fraction of sp³-hybridized carbons (Fsp3) is 0.312. The maximum Gasteiger partial charge on any atom is 0.223 e. The highest BCUT2D eigenvalue weighted by Crippen LogP contribution is 2.20. The molecule has 22 heavy (non-hydrogen) atoms. The second kappa shape index (κ2) is 6.44. The molecule has 0 saturated heterocycles. The minimum absolute atomic E-state index is 0.151. The molecule has 0 spiro atoms. The van der Waals surface area contributed by atoms with Crippen molar-refractivity contribution >= 4 is 27.8 Å². The van der Waals surface area contributed by atoms with Crippen LogP contribution in [0.4, 0.5) is 5.95 Å². The Bertz CT molecular complexity index is 704. The zero-order valence-electron chi connectivity index (χ0n) is 12.1. The minimum atomic E-state index is 0.151. The highest BCUT2D eigenvalue weighted by Gasteiger charge is 2.22. The lowest BCUT2D eigenvalue weighted by Crippen LogP contribution is -2.36. The van der Waals surface area contributed by atoms with Gasteiger partial charge in [-0.05, 0) is 30.0 Å². The highest BCUT2D eigenvalue weighted by molar-refractivity contribution is 9.10. The van der Waals surface area contributed by atoms with Gasteiger partial charge in [0.1, 0.15) is 0 Å². The van der Waals surface area contributed by atoms with Gasteiger partial charge < -0.3 is 10.6 Å². The van der Waals surface area contributed by atoms with Crippen molar-refractivity contribution in [1.29, 1.82) is 0 Å². The number of fused-ring (bicyclic) bond motifs is 1. The van der Waals surface area contributed by atoms with Crippen LogP contribution in [0.25, 0.3) is 0 Å². The molecule has 5 nitrogen and oxygen atoms in total. The Kier molecular flexibility index (Phi) is 4.38. The lowest BCUT2D eigenvalue weighted by molar-refractivity contribution is -0.132. The van der Waals surface area contributed by atoms with Crippen molar-refractivity contribution in [2.24, 2.45) is 0 Å². The first-order valence-electron chi connectivity index (χ1n) is 7.25. The van der Waals surface area contributed by atoms with Gasteiger partial charge in [0, 0.05) is 23.6 Å². The molecule has 0 bridgehead atoms. The summed E-state index contributed by atoms with van der Waals surface area (Å²) in [7, 11) is 0. The third-order valence-electron chi connectivity index (χ3n) is 3.88. The maximum atomic E-state index is 12.4. The number of benzene rings is 1. The quantitative estimate of drug-likeness (QED) is 0.911. The monoisotopic (exact) mass is 360 g/mol. The first kappa shape index (κ1) is 15.0. The van der Waals surface area contributed by atoms with Crippen LogP contribution in [-0.4, -0.2) is 27.3 Å². The predicted octanol–water partition coefficient (Wildman–Crippen LogP) is 2.34. The fourth-order valence-electron chi connectivity index (χ4n) is 2.63. The summed E-state index contributed by atoms with van der Waals surface area (Å²) >= 11 is 3.52. The van der Waals surface area contributed by atoms with Crippen LogP contribution in [0.5, 0.6) is 0 Å². The summed E-state index contributed by atoms with van der Waals surface area (Å²) in [6, 6.07) is 8.00. The van der Waals surface area contributed by atoms with Crippen LogP contribution < -0.4 is 5.73 Å². The summed E-state index contributed by atoms with van der Waals surface area (Å²) in [5.41, 5.74) is 8.73. The Hall–Kier alpha value is -1.95. The number of hydrogen-bond donors (Lipinski definition) is 1. The molecule has 1 aliphatic rings. The summed E-state index contributed by atoms with van der Waals surface area (Å²) < 4.78 is 1.05. The Balaban J connectivity index is 1.63.